The lowest BCUT2D eigenvalue weighted by molar-refractivity contribution is -0.118. The third-order valence-corrected chi connectivity index (χ3v) is 3.24. The van der Waals surface area contributed by atoms with E-state index in [0.717, 1.165) is 10.9 Å². The van der Waals surface area contributed by atoms with Gasteiger partial charge in [0.25, 0.3) is 5.91 Å². The van der Waals surface area contributed by atoms with Gasteiger partial charge in [-0.2, -0.15) is 5.26 Å². The molecule has 0 spiro atoms. The molecule has 0 radical (unpaired) electrons. The molecule has 1 N–H and O–H groups in total. The Morgan fingerprint density at radius 2 is 2.00 bits per heavy atom. The number of carbonyl (C=O) groups is 1. The van der Waals surface area contributed by atoms with Gasteiger partial charge >= 0.3 is 0 Å². The van der Waals surface area contributed by atoms with E-state index in [4.69, 9.17) is 10.00 Å². The van der Waals surface area contributed by atoms with Crippen molar-refractivity contribution in [3.05, 3.63) is 66.4 Å². The number of carbonyl (C=O) groups excluding carboxylic acids is 1. The Bertz CT molecular complexity index is 883. The monoisotopic (exact) mass is 303 g/mol. The van der Waals surface area contributed by atoms with Gasteiger partial charge in [-0.1, -0.05) is 6.07 Å². The molecule has 1 aromatic heterocycles. The molecule has 0 saturated carbocycles. The fourth-order valence-electron chi connectivity index (χ4n) is 2.12. The first-order valence-electron chi connectivity index (χ1n) is 7.02. The van der Waals surface area contributed by atoms with E-state index in [0.29, 0.717) is 17.0 Å². The molecule has 0 bridgehead atoms. The van der Waals surface area contributed by atoms with Gasteiger partial charge in [0.15, 0.2) is 6.61 Å². The normalized spacial score (nSPS) is 10.0. The summed E-state index contributed by atoms with van der Waals surface area (Å²) in [5.74, 6) is 0.349. The highest BCUT2D eigenvalue weighted by Gasteiger charge is 2.05. The zero-order chi connectivity index (χ0) is 16.1. The zero-order valence-electron chi connectivity index (χ0n) is 12.2. The average molecular weight is 303 g/mol. The highest BCUT2D eigenvalue weighted by Crippen LogP contribution is 2.19. The van der Waals surface area contributed by atoms with E-state index in [1.165, 1.54) is 0 Å². The highest BCUT2D eigenvalue weighted by molar-refractivity contribution is 5.92. The van der Waals surface area contributed by atoms with Crippen molar-refractivity contribution in [2.24, 2.45) is 0 Å². The number of pyridine rings is 1. The molecule has 2 aromatic carbocycles. The molecule has 5 nitrogen and oxygen atoms in total. The molecular formula is C18H13N3O2. The van der Waals surface area contributed by atoms with Gasteiger partial charge in [-0.15, -0.1) is 0 Å². The Hall–Kier alpha value is -3.39. The van der Waals surface area contributed by atoms with E-state index in [9.17, 15) is 4.79 Å². The second-order valence-corrected chi connectivity index (χ2v) is 4.88. The van der Waals surface area contributed by atoms with E-state index in [-0.39, 0.29) is 12.5 Å². The standard InChI is InChI=1S/C18H13N3O2/c19-11-13-3-5-15(6-4-13)21-18(22)12-23-16-7-8-17-14(10-16)2-1-9-20-17/h1-10H,12H2,(H,21,22). The van der Waals surface area contributed by atoms with Gasteiger partial charge in [0, 0.05) is 17.3 Å². The topological polar surface area (TPSA) is 75.0 Å². The van der Waals surface area contributed by atoms with Crippen LogP contribution >= 0.6 is 0 Å². The van der Waals surface area contributed by atoms with Gasteiger partial charge in [0.1, 0.15) is 5.75 Å². The molecule has 0 aliphatic heterocycles. The van der Waals surface area contributed by atoms with Gasteiger partial charge < -0.3 is 10.1 Å². The number of ether oxygens (including phenoxy) is 1. The lowest BCUT2D eigenvalue weighted by atomic mass is 10.2. The van der Waals surface area contributed by atoms with Crippen molar-refractivity contribution in [3.8, 4) is 11.8 Å². The third-order valence-electron chi connectivity index (χ3n) is 3.24. The summed E-state index contributed by atoms with van der Waals surface area (Å²) in [7, 11) is 0. The van der Waals surface area contributed by atoms with Crippen LogP contribution in [0.3, 0.4) is 0 Å². The van der Waals surface area contributed by atoms with Crippen LogP contribution in [0.4, 0.5) is 5.69 Å². The number of aromatic nitrogens is 1. The van der Waals surface area contributed by atoms with Crippen LogP contribution in [0.25, 0.3) is 10.9 Å². The molecule has 0 saturated heterocycles. The summed E-state index contributed by atoms with van der Waals surface area (Å²) in [5, 5.41) is 12.4. The van der Waals surface area contributed by atoms with Crippen LogP contribution in [-0.2, 0) is 4.79 Å². The minimum atomic E-state index is -0.263. The number of hydrogen-bond donors (Lipinski definition) is 1. The molecule has 3 aromatic rings. The van der Waals surface area contributed by atoms with Crippen LogP contribution in [0.2, 0.25) is 0 Å². The molecule has 3 rings (SSSR count). The molecule has 23 heavy (non-hydrogen) atoms. The number of nitrogens with one attached hydrogen (secondary N) is 1. The maximum absolute atomic E-state index is 11.9. The van der Waals surface area contributed by atoms with Gasteiger partial charge in [-0.05, 0) is 48.5 Å². The van der Waals surface area contributed by atoms with Crippen molar-refractivity contribution in [1.82, 2.24) is 4.98 Å². The average Bonchev–Trinajstić information content (AvgIpc) is 2.60. The summed E-state index contributed by atoms with van der Waals surface area (Å²) in [6.07, 6.45) is 1.73. The van der Waals surface area contributed by atoms with Crippen LogP contribution in [0.1, 0.15) is 5.56 Å². The van der Waals surface area contributed by atoms with Crippen LogP contribution in [-0.4, -0.2) is 17.5 Å². The molecule has 112 valence electrons. The Balaban J connectivity index is 1.60. The minimum Gasteiger partial charge on any atom is -0.484 e. The molecule has 1 amide bonds. The molecule has 0 aliphatic rings. The lowest BCUT2D eigenvalue weighted by Gasteiger charge is -2.08. The molecular weight excluding hydrogens is 290 g/mol. The smallest absolute Gasteiger partial charge is 0.262 e. The molecule has 0 fully saturated rings. The summed E-state index contributed by atoms with van der Waals surface area (Å²) in [5.41, 5.74) is 2.05. The number of rotatable bonds is 4. The second-order valence-electron chi connectivity index (χ2n) is 4.88. The van der Waals surface area contributed by atoms with Crippen molar-refractivity contribution in [1.29, 1.82) is 5.26 Å². The molecule has 0 aliphatic carbocycles. The molecule has 1 heterocycles. The highest BCUT2D eigenvalue weighted by atomic mass is 16.5. The van der Waals surface area contributed by atoms with E-state index in [2.05, 4.69) is 10.3 Å². The Morgan fingerprint density at radius 1 is 1.17 bits per heavy atom. The minimum absolute atomic E-state index is 0.0915. The van der Waals surface area contributed by atoms with Crippen LogP contribution in [0.15, 0.2) is 60.8 Å². The predicted octanol–water partition coefficient (Wildman–Crippen LogP) is 3.12. The third kappa shape index (κ3) is 3.63. The first-order chi connectivity index (χ1) is 11.2. The van der Waals surface area contributed by atoms with Crippen LogP contribution in [0, 0.1) is 11.3 Å². The Labute approximate surface area is 133 Å². The molecule has 5 heteroatoms. The van der Waals surface area contributed by atoms with Crippen molar-refractivity contribution in [3.63, 3.8) is 0 Å². The Morgan fingerprint density at radius 3 is 2.78 bits per heavy atom. The number of nitriles is 1. The number of benzene rings is 2. The second kappa shape index (κ2) is 6.58. The van der Waals surface area contributed by atoms with Gasteiger partial charge in [0.2, 0.25) is 0 Å². The summed E-state index contributed by atoms with van der Waals surface area (Å²) in [4.78, 5) is 16.1. The largest absolute Gasteiger partial charge is 0.484 e. The van der Waals surface area contributed by atoms with Gasteiger partial charge in [0.05, 0.1) is 17.1 Å². The number of fused-ring (bicyclic) bond motifs is 1. The number of amides is 1. The predicted molar refractivity (Wildman–Crippen MR) is 87.0 cm³/mol. The van der Waals surface area contributed by atoms with Crippen LogP contribution in [0.5, 0.6) is 5.75 Å². The quantitative estimate of drug-likeness (QED) is 0.803. The fourth-order valence-corrected chi connectivity index (χ4v) is 2.12. The summed E-state index contributed by atoms with van der Waals surface area (Å²) in [6, 6.07) is 17.9. The first kappa shape index (κ1) is 14.5. The molecule has 0 atom stereocenters. The maximum atomic E-state index is 11.9. The van der Waals surface area contributed by atoms with Crippen molar-refractivity contribution in [2.45, 2.75) is 0 Å². The SMILES string of the molecule is N#Cc1ccc(NC(=O)COc2ccc3ncccc3c2)cc1. The van der Waals surface area contributed by atoms with Gasteiger partial charge in [-0.3, -0.25) is 9.78 Å². The van der Waals surface area contributed by atoms with E-state index in [1.807, 2.05) is 30.3 Å². The summed E-state index contributed by atoms with van der Waals surface area (Å²) < 4.78 is 5.50. The summed E-state index contributed by atoms with van der Waals surface area (Å²) in [6.45, 7) is -0.0915. The van der Waals surface area contributed by atoms with Crippen molar-refractivity contribution < 1.29 is 9.53 Å². The number of nitrogens with zero attached hydrogens (tertiary/aromatic N) is 2. The van der Waals surface area contributed by atoms with Crippen LogP contribution < -0.4 is 10.1 Å². The van der Waals surface area contributed by atoms with Crippen molar-refractivity contribution >= 4 is 22.5 Å². The summed E-state index contributed by atoms with van der Waals surface area (Å²) >= 11 is 0. The number of anilines is 1. The fraction of sp³-hybridized carbons (Fsp3) is 0.0556. The first-order valence-corrected chi connectivity index (χ1v) is 7.02. The molecule has 0 unspecified atom stereocenters. The van der Waals surface area contributed by atoms with Gasteiger partial charge in [-0.25, -0.2) is 0 Å². The van der Waals surface area contributed by atoms with Crippen molar-refractivity contribution in [2.75, 3.05) is 11.9 Å². The lowest BCUT2D eigenvalue weighted by Crippen LogP contribution is -2.20. The maximum Gasteiger partial charge on any atom is 0.262 e. The van der Waals surface area contributed by atoms with E-state index >= 15 is 0 Å². The van der Waals surface area contributed by atoms with E-state index < -0.39 is 0 Å². The van der Waals surface area contributed by atoms with E-state index in [1.54, 1.807) is 36.5 Å². The Kier molecular flexibility index (Phi) is 4.16. The zero-order valence-corrected chi connectivity index (χ0v) is 12.2. The number of hydrogen-bond acceptors (Lipinski definition) is 4.